The first-order valence-corrected chi connectivity index (χ1v) is 7.58. The fraction of sp³-hybridized carbons (Fsp3) is 0.375. The molecule has 1 heterocycles. The predicted molar refractivity (Wildman–Crippen MR) is 87.2 cm³/mol. The van der Waals surface area contributed by atoms with Crippen molar-refractivity contribution in [2.75, 3.05) is 5.32 Å². The summed E-state index contributed by atoms with van der Waals surface area (Å²) in [4.78, 5) is 12.2. The molecular weight excluding hydrogens is 302 g/mol. The van der Waals surface area contributed by atoms with E-state index in [1.807, 2.05) is 0 Å². The second-order valence-electron chi connectivity index (χ2n) is 5.50. The van der Waals surface area contributed by atoms with Crippen molar-refractivity contribution in [3.63, 3.8) is 0 Å². The van der Waals surface area contributed by atoms with Crippen LogP contribution in [0.2, 0.25) is 5.02 Å². The zero-order valence-electron chi connectivity index (χ0n) is 12.9. The van der Waals surface area contributed by atoms with Gasteiger partial charge in [0.2, 0.25) is 0 Å². The number of rotatable bonds is 6. The monoisotopic (exact) mass is 321 g/mol. The molecule has 2 aromatic rings. The highest BCUT2D eigenvalue weighted by Gasteiger charge is 2.17. The number of nitrogens with zero attached hydrogens (tertiary/aromatic N) is 2. The highest BCUT2D eigenvalue weighted by molar-refractivity contribution is 6.30. The number of benzene rings is 1. The number of anilines is 1. The molecule has 5 nitrogen and oxygen atoms in total. The molecule has 0 aliphatic rings. The van der Waals surface area contributed by atoms with Crippen LogP contribution < -0.4 is 10.1 Å². The lowest BCUT2D eigenvalue weighted by molar-refractivity contribution is -0.122. The maximum absolute atomic E-state index is 12.2. The lowest BCUT2D eigenvalue weighted by Crippen LogP contribution is -2.31. The molecule has 1 unspecified atom stereocenters. The smallest absolute Gasteiger partial charge is 0.266 e. The van der Waals surface area contributed by atoms with Crippen molar-refractivity contribution in [3.8, 4) is 5.75 Å². The number of aromatic nitrogens is 2. The summed E-state index contributed by atoms with van der Waals surface area (Å²) in [6.07, 6.45) is 1.03. The van der Waals surface area contributed by atoms with Gasteiger partial charge in [-0.1, -0.05) is 31.5 Å². The predicted octanol–water partition coefficient (Wildman–Crippen LogP) is 3.60. The summed E-state index contributed by atoms with van der Waals surface area (Å²) in [5, 5.41) is 7.61. The number of nitrogens with one attached hydrogen (secondary N) is 1. The summed E-state index contributed by atoms with van der Waals surface area (Å²) < 4.78 is 7.37. The minimum absolute atomic E-state index is 0.231. The molecule has 1 aromatic carbocycles. The van der Waals surface area contributed by atoms with Crippen LogP contribution >= 0.6 is 11.6 Å². The number of carbonyl (C=O) groups excluding carboxylic acids is 1. The van der Waals surface area contributed by atoms with Gasteiger partial charge in [-0.05, 0) is 31.0 Å². The van der Waals surface area contributed by atoms with Gasteiger partial charge < -0.3 is 10.1 Å². The molecule has 1 atom stereocenters. The van der Waals surface area contributed by atoms with Crippen LogP contribution in [-0.2, 0) is 11.3 Å². The normalized spacial score (nSPS) is 12.2. The van der Waals surface area contributed by atoms with E-state index in [9.17, 15) is 4.79 Å². The highest BCUT2D eigenvalue weighted by atomic mass is 35.5. The van der Waals surface area contributed by atoms with Crippen LogP contribution in [0.1, 0.15) is 20.8 Å². The zero-order valence-corrected chi connectivity index (χ0v) is 13.7. The van der Waals surface area contributed by atoms with Crippen molar-refractivity contribution in [2.24, 2.45) is 5.92 Å². The topological polar surface area (TPSA) is 56.2 Å². The third kappa shape index (κ3) is 4.49. The molecule has 0 spiro atoms. The second-order valence-corrected chi connectivity index (χ2v) is 5.94. The molecule has 2 rings (SSSR count). The van der Waals surface area contributed by atoms with Gasteiger partial charge in [0.05, 0.1) is 6.20 Å². The molecular formula is C16H20ClN3O2. The summed E-state index contributed by atoms with van der Waals surface area (Å²) in [5.74, 6) is 1.44. The first-order valence-electron chi connectivity index (χ1n) is 7.20. The second kappa shape index (κ2) is 7.31. The maximum atomic E-state index is 12.2. The van der Waals surface area contributed by atoms with Gasteiger partial charge >= 0.3 is 0 Å². The minimum Gasteiger partial charge on any atom is -0.481 e. The van der Waals surface area contributed by atoms with Crippen molar-refractivity contribution < 1.29 is 9.53 Å². The standard InChI is InChI=1S/C16H20ClN3O2/c1-11(2)10-20-15(7-8-18-20)19-16(21)12(3)22-14-6-4-5-13(17)9-14/h4-9,11-12H,10H2,1-3H3,(H,19,21). The van der Waals surface area contributed by atoms with E-state index in [1.54, 1.807) is 48.1 Å². The fourth-order valence-corrected chi connectivity index (χ4v) is 2.14. The number of hydrogen-bond acceptors (Lipinski definition) is 3. The molecule has 6 heteroatoms. The molecule has 1 N–H and O–H groups in total. The molecule has 0 aliphatic heterocycles. The van der Waals surface area contributed by atoms with Gasteiger partial charge in [-0.3, -0.25) is 4.79 Å². The van der Waals surface area contributed by atoms with E-state index in [0.717, 1.165) is 6.54 Å². The molecule has 0 saturated heterocycles. The van der Waals surface area contributed by atoms with E-state index >= 15 is 0 Å². The molecule has 22 heavy (non-hydrogen) atoms. The van der Waals surface area contributed by atoms with Crippen LogP contribution in [0.15, 0.2) is 36.5 Å². The number of amides is 1. The first kappa shape index (κ1) is 16.4. The maximum Gasteiger partial charge on any atom is 0.266 e. The number of halogens is 1. The van der Waals surface area contributed by atoms with Crippen molar-refractivity contribution in [1.29, 1.82) is 0 Å². The third-order valence-corrected chi connectivity index (χ3v) is 3.22. The minimum atomic E-state index is -0.638. The van der Waals surface area contributed by atoms with Gasteiger partial charge in [0.25, 0.3) is 5.91 Å². The average molecular weight is 322 g/mol. The Bertz CT molecular complexity index is 640. The van der Waals surface area contributed by atoms with E-state index in [4.69, 9.17) is 16.3 Å². The summed E-state index contributed by atoms with van der Waals surface area (Å²) in [6, 6.07) is 8.74. The molecule has 0 bridgehead atoms. The average Bonchev–Trinajstić information content (AvgIpc) is 2.85. The Balaban J connectivity index is 1.98. The van der Waals surface area contributed by atoms with E-state index in [1.165, 1.54) is 0 Å². The van der Waals surface area contributed by atoms with E-state index in [0.29, 0.717) is 22.5 Å². The van der Waals surface area contributed by atoms with Crippen LogP contribution in [0.3, 0.4) is 0 Å². The van der Waals surface area contributed by atoms with Crippen LogP contribution in [-0.4, -0.2) is 21.8 Å². The van der Waals surface area contributed by atoms with Crippen LogP contribution in [0.4, 0.5) is 5.82 Å². The summed E-state index contributed by atoms with van der Waals surface area (Å²) in [5.41, 5.74) is 0. The van der Waals surface area contributed by atoms with E-state index in [-0.39, 0.29) is 5.91 Å². The van der Waals surface area contributed by atoms with Gasteiger partial charge in [0, 0.05) is 17.6 Å². The number of carbonyl (C=O) groups is 1. The largest absolute Gasteiger partial charge is 0.481 e. The first-order chi connectivity index (χ1) is 10.5. The molecule has 1 aromatic heterocycles. The Labute approximate surface area is 135 Å². The summed E-state index contributed by atoms with van der Waals surface area (Å²) >= 11 is 5.90. The van der Waals surface area contributed by atoms with Crippen LogP contribution in [0.5, 0.6) is 5.75 Å². The Morgan fingerprint density at radius 2 is 2.14 bits per heavy atom. The van der Waals surface area contributed by atoms with Crippen molar-refractivity contribution >= 4 is 23.3 Å². The lowest BCUT2D eigenvalue weighted by Gasteiger charge is -2.16. The van der Waals surface area contributed by atoms with Crippen LogP contribution in [0.25, 0.3) is 0 Å². The van der Waals surface area contributed by atoms with E-state index < -0.39 is 6.10 Å². The number of hydrogen-bond donors (Lipinski definition) is 1. The Hall–Kier alpha value is -2.01. The molecule has 0 saturated carbocycles. The fourth-order valence-electron chi connectivity index (χ4n) is 1.96. The van der Waals surface area contributed by atoms with Crippen molar-refractivity contribution in [1.82, 2.24) is 9.78 Å². The molecule has 1 amide bonds. The van der Waals surface area contributed by atoms with Gasteiger partial charge in [0.15, 0.2) is 6.10 Å². The zero-order chi connectivity index (χ0) is 16.1. The van der Waals surface area contributed by atoms with Gasteiger partial charge in [-0.15, -0.1) is 0 Å². The van der Waals surface area contributed by atoms with Crippen molar-refractivity contribution in [3.05, 3.63) is 41.6 Å². The summed E-state index contributed by atoms with van der Waals surface area (Å²) in [7, 11) is 0. The third-order valence-electron chi connectivity index (χ3n) is 2.98. The lowest BCUT2D eigenvalue weighted by atomic mass is 10.2. The van der Waals surface area contributed by atoms with Gasteiger partial charge in [0.1, 0.15) is 11.6 Å². The van der Waals surface area contributed by atoms with Gasteiger partial charge in [-0.25, -0.2) is 4.68 Å². The molecule has 118 valence electrons. The number of ether oxygens (including phenoxy) is 1. The summed E-state index contributed by atoms with van der Waals surface area (Å²) in [6.45, 7) is 6.63. The Morgan fingerprint density at radius 1 is 1.36 bits per heavy atom. The van der Waals surface area contributed by atoms with E-state index in [2.05, 4.69) is 24.3 Å². The van der Waals surface area contributed by atoms with Crippen molar-refractivity contribution in [2.45, 2.75) is 33.4 Å². The van der Waals surface area contributed by atoms with Crippen LogP contribution in [0, 0.1) is 5.92 Å². The SMILES string of the molecule is CC(C)Cn1nccc1NC(=O)C(C)Oc1cccc(Cl)c1. The molecule has 0 fully saturated rings. The highest BCUT2D eigenvalue weighted by Crippen LogP contribution is 2.19. The molecule has 0 radical (unpaired) electrons. The Morgan fingerprint density at radius 3 is 2.82 bits per heavy atom. The quantitative estimate of drug-likeness (QED) is 0.884. The molecule has 0 aliphatic carbocycles. The van der Waals surface area contributed by atoms with Gasteiger partial charge in [-0.2, -0.15) is 5.10 Å². The Kier molecular flexibility index (Phi) is 5.44.